The Kier molecular flexibility index (Phi) is 3.79. The molecule has 3 heteroatoms. The molecule has 1 aromatic carbocycles. The van der Waals surface area contributed by atoms with E-state index in [9.17, 15) is 4.39 Å². The van der Waals surface area contributed by atoms with E-state index in [1.54, 1.807) is 6.07 Å². The zero-order valence-electron chi connectivity index (χ0n) is 10.5. The van der Waals surface area contributed by atoms with Crippen molar-refractivity contribution < 1.29 is 4.39 Å². The van der Waals surface area contributed by atoms with Crippen molar-refractivity contribution in [3.05, 3.63) is 24.0 Å². The maximum Gasteiger partial charge on any atom is 0.125 e. The summed E-state index contributed by atoms with van der Waals surface area (Å²) in [6.07, 6.45) is 1.07. The first-order chi connectivity index (χ1) is 7.29. The first-order valence-electron chi connectivity index (χ1n) is 5.56. The van der Waals surface area contributed by atoms with Crippen LogP contribution in [0.4, 0.5) is 15.8 Å². The first kappa shape index (κ1) is 12.8. The zero-order chi connectivity index (χ0) is 12.3. The van der Waals surface area contributed by atoms with E-state index < -0.39 is 0 Å². The molecule has 0 aliphatic heterocycles. The van der Waals surface area contributed by atoms with Gasteiger partial charge in [-0.25, -0.2) is 4.39 Å². The van der Waals surface area contributed by atoms with Crippen molar-refractivity contribution in [1.82, 2.24) is 0 Å². The van der Waals surface area contributed by atoms with Crippen LogP contribution in [0.5, 0.6) is 0 Å². The number of anilines is 2. The molecular weight excluding hydrogens is 203 g/mol. The Hall–Kier alpha value is -1.25. The molecule has 0 saturated carbocycles. The summed E-state index contributed by atoms with van der Waals surface area (Å²) in [5.74, 6) is -0.287. The number of nitrogens with two attached hydrogens (primary N) is 1. The third-order valence-corrected chi connectivity index (χ3v) is 2.60. The molecule has 0 saturated heterocycles. The van der Waals surface area contributed by atoms with Gasteiger partial charge in [0.25, 0.3) is 0 Å². The second-order valence-electron chi connectivity index (χ2n) is 5.44. The number of hydrogen-bond donors (Lipinski definition) is 1. The SMILES string of the molecule is CN(CCC(C)(C)C)c1ccc(F)cc1N. The molecule has 2 nitrogen and oxygen atoms in total. The molecule has 0 heterocycles. The molecule has 0 radical (unpaired) electrons. The summed E-state index contributed by atoms with van der Waals surface area (Å²) in [5.41, 5.74) is 7.47. The summed E-state index contributed by atoms with van der Waals surface area (Å²) in [5, 5.41) is 0. The summed E-state index contributed by atoms with van der Waals surface area (Å²) in [7, 11) is 1.98. The summed E-state index contributed by atoms with van der Waals surface area (Å²) in [6, 6.07) is 4.54. The molecule has 1 aromatic rings. The fraction of sp³-hybridized carbons (Fsp3) is 0.538. The Bertz CT molecular complexity index is 355. The largest absolute Gasteiger partial charge is 0.397 e. The second-order valence-corrected chi connectivity index (χ2v) is 5.44. The van der Waals surface area contributed by atoms with Gasteiger partial charge in [0, 0.05) is 13.6 Å². The minimum absolute atomic E-state index is 0.287. The van der Waals surface area contributed by atoms with Crippen LogP contribution in [-0.2, 0) is 0 Å². The molecule has 90 valence electrons. The summed E-state index contributed by atoms with van der Waals surface area (Å²) in [6.45, 7) is 7.53. The van der Waals surface area contributed by atoms with E-state index in [2.05, 4.69) is 25.7 Å². The van der Waals surface area contributed by atoms with Gasteiger partial charge in [-0.2, -0.15) is 0 Å². The fourth-order valence-corrected chi connectivity index (χ4v) is 1.50. The Balaban J connectivity index is 2.70. The van der Waals surface area contributed by atoms with Gasteiger partial charge in [0.05, 0.1) is 11.4 Å². The predicted octanol–water partition coefficient (Wildman–Crippen LogP) is 3.28. The van der Waals surface area contributed by atoms with Gasteiger partial charge in [-0.3, -0.25) is 0 Å². The topological polar surface area (TPSA) is 29.3 Å². The summed E-state index contributed by atoms with van der Waals surface area (Å²) < 4.78 is 12.9. The third kappa shape index (κ3) is 3.72. The van der Waals surface area contributed by atoms with E-state index in [1.807, 2.05) is 7.05 Å². The smallest absolute Gasteiger partial charge is 0.125 e. The molecule has 0 spiro atoms. The molecule has 0 aliphatic carbocycles. The molecule has 0 unspecified atom stereocenters. The van der Waals surface area contributed by atoms with Gasteiger partial charge in [-0.1, -0.05) is 20.8 Å². The Morgan fingerprint density at radius 1 is 1.31 bits per heavy atom. The van der Waals surface area contributed by atoms with Crippen LogP contribution in [0.1, 0.15) is 27.2 Å². The standard InChI is InChI=1S/C13H21FN2/c1-13(2,3)7-8-16(4)12-6-5-10(14)9-11(12)15/h5-6,9H,7-8,15H2,1-4H3. The molecule has 0 atom stereocenters. The van der Waals surface area contributed by atoms with Gasteiger partial charge in [-0.05, 0) is 30.0 Å². The van der Waals surface area contributed by atoms with E-state index in [0.29, 0.717) is 11.1 Å². The monoisotopic (exact) mass is 224 g/mol. The van der Waals surface area contributed by atoms with Crippen molar-refractivity contribution in [2.75, 3.05) is 24.2 Å². The van der Waals surface area contributed by atoms with Crippen LogP contribution in [-0.4, -0.2) is 13.6 Å². The Labute approximate surface area is 97.3 Å². The van der Waals surface area contributed by atoms with Gasteiger partial charge in [0.2, 0.25) is 0 Å². The Morgan fingerprint density at radius 2 is 1.94 bits per heavy atom. The molecule has 0 bridgehead atoms. The van der Waals surface area contributed by atoms with Crippen LogP contribution in [0.15, 0.2) is 18.2 Å². The highest BCUT2D eigenvalue weighted by Gasteiger charge is 2.13. The first-order valence-corrected chi connectivity index (χ1v) is 5.56. The molecule has 16 heavy (non-hydrogen) atoms. The van der Waals surface area contributed by atoms with Crippen LogP contribution in [0.2, 0.25) is 0 Å². The van der Waals surface area contributed by atoms with Crippen molar-refractivity contribution in [3.8, 4) is 0 Å². The summed E-state index contributed by atoms with van der Waals surface area (Å²) in [4.78, 5) is 2.07. The zero-order valence-corrected chi connectivity index (χ0v) is 10.5. The molecule has 0 aliphatic rings. The lowest BCUT2D eigenvalue weighted by molar-refractivity contribution is 0.381. The van der Waals surface area contributed by atoms with Gasteiger partial charge in [0.1, 0.15) is 5.82 Å². The van der Waals surface area contributed by atoms with Crippen LogP contribution >= 0.6 is 0 Å². The maximum atomic E-state index is 12.9. The predicted molar refractivity (Wildman–Crippen MR) is 68.2 cm³/mol. The highest BCUT2D eigenvalue weighted by atomic mass is 19.1. The van der Waals surface area contributed by atoms with Crippen molar-refractivity contribution >= 4 is 11.4 Å². The quantitative estimate of drug-likeness (QED) is 0.798. The molecule has 0 aromatic heterocycles. The number of benzene rings is 1. The highest BCUT2D eigenvalue weighted by Crippen LogP contribution is 2.25. The van der Waals surface area contributed by atoms with Crippen molar-refractivity contribution in [2.24, 2.45) is 5.41 Å². The average molecular weight is 224 g/mol. The summed E-state index contributed by atoms with van der Waals surface area (Å²) >= 11 is 0. The second kappa shape index (κ2) is 4.73. The normalized spacial score (nSPS) is 11.6. The number of halogens is 1. The number of hydrogen-bond acceptors (Lipinski definition) is 2. The number of rotatable bonds is 3. The van der Waals surface area contributed by atoms with Gasteiger partial charge in [-0.15, -0.1) is 0 Å². The lowest BCUT2D eigenvalue weighted by Crippen LogP contribution is -2.23. The van der Waals surface area contributed by atoms with Crippen LogP contribution in [0.25, 0.3) is 0 Å². The van der Waals surface area contributed by atoms with Crippen molar-refractivity contribution in [1.29, 1.82) is 0 Å². The van der Waals surface area contributed by atoms with E-state index in [1.165, 1.54) is 12.1 Å². The maximum absolute atomic E-state index is 12.9. The van der Waals surface area contributed by atoms with E-state index >= 15 is 0 Å². The number of nitrogen functional groups attached to an aromatic ring is 1. The van der Waals surface area contributed by atoms with Crippen LogP contribution in [0, 0.1) is 11.2 Å². The third-order valence-electron chi connectivity index (χ3n) is 2.60. The lowest BCUT2D eigenvalue weighted by Gasteiger charge is -2.26. The lowest BCUT2D eigenvalue weighted by atomic mass is 9.92. The molecule has 2 N–H and O–H groups in total. The Morgan fingerprint density at radius 3 is 2.44 bits per heavy atom. The van der Waals surface area contributed by atoms with Crippen LogP contribution in [0.3, 0.4) is 0 Å². The molecule has 0 fully saturated rings. The molecule has 0 amide bonds. The minimum atomic E-state index is -0.287. The minimum Gasteiger partial charge on any atom is -0.397 e. The highest BCUT2D eigenvalue weighted by molar-refractivity contribution is 5.67. The van der Waals surface area contributed by atoms with Gasteiger partial charge >= 0.3 is 0 Å². The van der Waals surface area contributed by atoms with E-state index in [-0.39, 0.29) is 5.82 Å². The van der Waals surface area contributed by atoms with Gasteiger partial charge in [0.15, 0.2) is 0 Å². The fourth-order valence-electron chi connectivity index (χ4n) is 1.50. The van der Waals surface area contributed by atoms with Crippen LogP contribution < -0.4 is 10.6 Å². The molecular formula is C13H21FN2. The van der Waals surface area contributed by atoms with E-state index in [0.717, 1.165) is 18.7 Å². The van der Waals surface area contributed by atoms with Gasteiger partial charge < -0.3 is 10.6 Å². The van der Waals surface area contributed by atoms with E-state index in [4.69, 9.17) is 5.73 Å². The number of nitrogens with zero attached hydrogens (tertiary/aromatic N) is 1. The van der Waals surface area contributed by atoms with Crippen molar-refractivity contribution in [2.45, 2.75) is 27.2 Å². The average Bonchev–Trinajstić information content (AvgIpc) is 2.13. The van der Waals surface area contributed by atoms with Crippen molar-refractivity contribution in [3.63, 3.8) is 0 Å². The molecule has 1 rings (SSSR count).